The number of amides is 1. The second-order valence-corrected chi connectivity index (χ2v) is 9.12. The standard InChI is InChI=1S/C26H28ClFN4O2/c1-15(17-4-3-5-19(27)12-17)31-26(33)21-11-8-18(13-22(21)28)24-25(29)30-14-23(32-24)16-6-9-20(34-2)10-7-16/h3-5,8,11-16,20H,6-7,9-10H2,1-2H3,(H2,29,30)(H,31,33)/t15-,16-,20-/m1/s1. The molecule has 3 N–H and O–H groups in total. The van der Waals surface area contributed by atoms with Gasteiger partial charge < -0.3 is 15.8 Å². The highest BCUT2D eigenvalue weighted by atomic mass is 35.5. The van der Waals surface area contributed by atoms with Crippen LogP contribution in [0.4, 0.5) is 10.2 Å². The third-order valence-electron chi connectivity index (χ3n) is 6.43. The van der Waals surface area contributed by atoms with Gasteiger partial charge in [0.1, 0.15) is 17.3 Å². The summed E-state index contributed by atoms with van der Waals surface area (Å²) in [5, 5.41) is 3.38. The Morgan fingerprint density at radius 2 is 1.97 bits per heavy atom. The molecule has 34 heavy (non-hydrogen) atoms. The number of anilines is 1. The van der Waals surface area contributed by atoms with Gasteiger partial charge in [-0.3, -0.25) is 4.79 Å². The van der Waals surface area contributed by atoms with Crippen molar-refractivity contribution < 1.29 is 13.9 Å². The van der Waals surface area contributed by atoms with Crippen molar-refractivity contribution in [3.05, 3.63) is 76.3 Å². The van der Waals surface area contributed by atoms with Crippen molar-refractivity contribution in [1.29, 1.82) is 0 Å². The maximum atomic E-state index is 15.0. The van der Waals surface area contributed by atoms with E-state index >= 15 is 0 Å². The molecule has 8 heteroatoms. The molecule has 0 spiro atoms. The smallest absolute Gasteiger partial charge is 0.254 e. The molecule has 1 atom stereocenters. The monoisotopic (exact) mass is 482 g/mol. The molecule has 1 aromatic heterocycles. The van der Waals surface area contributed by atoms with E-state index in [4.69, 9.17) is 27.1 Å². The molecule has 1 amide bonds. The van der Waals surface area contributed by atoms with Crippen molar-refractivity contribution in [3.63, 3.8) is 0 Å². The fraction of sp³-hybridized carbons (Fsp3) is 0.346. The minimum atomic E-state index is -0.652. The Labute approximate surface area is 203 Å². The van der Waals surface area contributed by atoms with Crippen LogP contribution >= 0.6 is 11.6 Å². The molecule has 1 saturated carbocycles. The van der Waals surface area contributed by atoms with Crippen LogP contribution in [0, 0.1) is 5.82 Å². The summed E-state index contributed by atoms with van der Waals surface area (Å²) in [6.45, 7) is 1.82. The van der Waals surface area contributed by atoms with Crippen LogP contribution in [0.3, 0.4) is 0 Å². The van der Waals surface area contributed by atoms with Gasteiger partial charge in [0.15, 0.2) is 0 Å². The van der Waals surface area contributed by atoms with E-state index in [1.165, 1.54) is 12.1 Å². The number of rotatable bonds is 6. The summed E-state index contributed by atoms with van der Waals surface area (Å²) in [6.07, 6.45) is 5.82. The lowest BCUT2D eigenvalue weighted by Crippen LogP contribution is -2.27. The number of ether oxygens (including phenoxy) is 1. The number of carbonyl (C=O) groups is 1. The van der Waals surface area contributed by atoms with Gasteiger partial charge in [0.25, 0.3) is 5.91 Å². The molecule has 0 aliphatic heterocycles. The lowest BCUT2D eigenvalue weighted by Gasteiger charge is -2.27. The number of methoxy groups -OCH3 is 1. The first-order valence-corrected chi connectivity index (χ1v) is 11.7. The van der Waals surface area contributed by atoms with Crippen molar-refractivity contribution in [2.75, 3.05) is 12.8 Å². The van der Waals surface area contributed by atoms with Gasteiger partial charge in [-0.1, -0.05) is 29.8 Å². The van der Waals surface area contributed by atoms with Gasteiger partial charge >= 0.3 is 0 Å². The first kappa shape index (κ1) is 24.1. The summed E-state index contributed by atoms with van der Waals surface area (Å²) in [6, 6.07) is 11.2. The molecular formula is C26H28ClFN4O2. The number of halogens is 2. The number of nitrogens with zero attached hydrogens (tertiary/aromatic N) is 2. The van der Waals surface area contributed by atoms with Crippen molar-refractivity contribution in [3.8, 4) is 11.3 Å². The highest BCUT2D eigenvalue weighted by Gasteiger charge is 2.24. The highest BCUT2D eigenvalue weighted by Crippen LogP contribution is 2.34. The average Bonchev–Trinajstić information content (AvgIpc) is 2.84. The SMILES string of the molecule is CO[C@H]1CC[C@H](c2cnc(N)c(-c3ccc(C(=O)N[C@H](C)c4cccc(Cl)c4)c(F)c3)n2)CC1. The van der Waals surface area contributed by atoms with Crippen LogP contribution in [0.2, 0.25) is 5.02 Å². The Balaban J connectivity index is 1.52. The fourth-order valence-corrected chi connectivity index (χ4v) is 4.59. The normalized spacial score (nSPS) is 18.9. The highest BCUT2D eigenvalue weighted by molar-refractivity contribution is 6.30. The zero-order chi connectivity index (χ0) is 24.2. The first-order valence-electron chi connectivity index (χ1n) is 11.4. The van der Waals surface area contributed by atoms with Crippen LogP contribution in [0.5, 0.6) is 0 Å². The number of nitrogens with two attached hydrogens (primary N) is 1. The molecule has 0 bridgehead atoms. The Morgan fingerprint density at radius 3 is 2.65 bits per heavy atom. The molecule has 1 aliphatic rings. The number of hydrogen-bond donors (Lipinski definition) is 2. The van der Waals surface area contributed by atoms with Gasteiger partial charge in [-0.05, 0) is 62.4 Å². The molecule has 1 fully saturated rings. The Kier molecular flexibility index (Phi) is 7.44. The van der Waals surface area contributed by atoms with Gasteiger partial charge in [0.2, 0.25) is 0 Å². The number of benzene rings is 2. The Morgan fingerprint density at radius 1 is 1.21 bits per heavy atom. The largest absolute Gasteiger partial charge is 0.382 e. The van der Waals surface area contributed by atoms with Crippen LogP contribution < -0.4 is 11.1 Å². The van der Waals surface area contributed by atoms with Crippen LogP contribution in [0.25, 0.3) is 11.3 Å². The van der Waals surface area contributed by atoms with Gasteiger partial charge in [0.05, 0.1) is 29.6 Å². The Bertz CT molecular complexity index is 1180. The number of nitrogen functional groups attached to an aromatic ring is 1. The van der Waals surface area contributed by atoms with E-state index in [1.807, 2.05) is 13.0 Å². The van der Waals surface area contributed by atoms with E-state index in [0.29, 0.717) is 16.3 Å². The third-order valence-corrected chi connectivity index (χ3v) is 6.66. The van der Waals surface area contributed by atoms with Crippen LogP contribution in [-0.4, -0.2) is 29.1 Å². The number of hydrogen-bond acceptors (Lipinski definition) is 5. The molecule has 6 nitrogen and oxygen atoms in total. The zero-order valence-electron chi connectivity index (χ0n) is 19.2. The molecule has 178 valence electrons. The van der Waals surface area contributed by atoms with Crippen LogP contribution in [0.15, 0.2) is 48.7 Å². The fourth-order valence-electron chi connectivity index (χ4n) is 4.40. The molecule has 0 saturated heterocycles. The minimum absolute atomic E-state index is 0.0572. The summed E-state index contributed by atoms with van der Waals surface area (Å²) in [5.41, 5.74) is 8.60. The van der Waals surface area contributed by atoms with E-state index in [0.717, 1.165) is 36.9 Å². The average molecular weight is 483 g/mol. The molecule has 1 heterocycles. The maximum Gasteiger partial charge on any atom is 0.254 e. The molecule has 3 aromatic rings. The van der Waals surface area contributed by atoms with Gasteiger partial charge in [0, 0.05) is 23.6 Å². The topological polar surface area (TPSA) is 90.1 Å². The predicted molar refractivity (Wildman–Crippen MR) is 131 cm³/mol. The van der Waals surface area contributed by atoms with Gasteiger partial charge in [-0.25, -0.2) is 14.4 Å². The van der Waals surface area contributed by atoms with Crippen molar-refractivity contribution in [2.24, 2.45) is 0 Å². The quantitative estimate of drug-likeness (QED) is 0.471. The van der Waals surface area contributed by atoms with Crippen molar-refractivity contribution >= 4 is 23.3 Å². The summed E-state index contributed by atoms with van der Waals surface area (Å²) >= 11 is 6.03. The van der Waals surface area contributed by atoms with Crippen LogP contribution in [0.1, 0.15) is 66.2 Å². The van der Waals surface area contributed by atoms with Gasteiger partial charge in [-0.2, -0.15) is 0 Å². The Hall–Kier alpha value is -3.03. The third kappa shape index (κ3) is 5.37. The van der Waals surface area contributed by atoms with Crippen LogP contribution in [-0.2, 0) is 4.74 Å². The molecule has 0 radical (unpaired) electrons. The predicted octanol–water partition coefficient (Wildman–Crippen LogP) is 5.68. The second-order valence-electron chi connectivity index (χ2n) is 8.68. The number of nitrogens with one attached hydrogen (secondary N) is 1. The van der Waals surface area contributed by atoms with Crippen molar-refractivity contribution in [1.82, 2.24) is 15.3 Å². The summed E-state index contributed by atoms with van der Waals surface area (Å²) in [5.74, 6) is -0.679. The summed E-state index contributed by atoms with van der Waals surface area (Å²) < 4.78 is 20.4. The maximum absolute atomic E-state index is 15.0. The molecule has 0 unspecified atom stereocenters. The minimum Gasteiger partial charge on any atom is -0.382 e. The first-order chi connectivity index (χ1) is 16.4. The molecule has 2 aromatic carbocycles. The summed E-state index contributed by atoms with van der Waals surface area (Å²) in [7, 11) is 1.74. The second kappa shape index (κ2) is 10.5. The number of aromatic nitrogens is 2. The van der Waals surface area contributed by atoms with Crippen molar-refractivity contribution in [2.45, 2.75) is 50.7 Å². The number of carbonyl (C=O) groups excluding carboxylic acids is 1. The van der Waals surface area contributed by atoms with Gasteiger partial charge in [-0.15, -0.1) is 0 Å². The lowest BCUT2D eigenvalue weighted by atomic mass is 9.85. The zero-order valence-corrected chi connectivity index (χ0v) is 20.0. The van der Waals surface area contributed by atoms with E-state index in [9.17, 15) is 9.18 Å². The summed E-state index contributed by atoms with van der Waals surface area (Å²) in [4.78, 5) is 21.7. The van der Waals surface area contributed by atoms with E-state index in [2.05, 4.69) is 10.3 Å². The molecular weight excluding hydrogens is 455 g/mol. The lowest BCUT2D eigenvalue weighted by molar-refractivity contribution is 0.0655. The molecule has 1 aliphatic carbocycles. The molecule has 4 rings (SSSR count). The van der Waals surface area contributed by atoms with E-state index in [1.54, 1.807) is 37.6 Å². The van der Waals surface area contributed by atoms with E-state index in [-0.39, 0.29) is 29.4 Å². The van der Waals surface area contributed by atoms with E-state index < -0.39 is 11.7 Å².